The summed E-state index contributed by atoms with van der Waals surface area (Å²) in [5.41, 5.74) is 1.15. The highest BCUT2D eigenvalue weighted by Gasteiger charge is 2.33. The molecule has 34 heavy (non-hydrogen) atoms. The summed E-state index contributed by atoms with van der Waals surface area (Å²) in [6.07, 6.45) is 0.374. The highest BCUT2D eigenvalue weighted by molar-refractivity contribution is 7.90. The first kappa shape index (κ1) is 27.1. The zero-order valence-corrected chi connectivity index (χ0v) is 21.2. The van der Waals surface area contributed by atoms with Crippen LogP contribution in [0.1, 0.15) is 25.8 Å². The number of carbonyl (C=O) groups is 2. The van der Waals surface area contributed by atoms with Gasteiger partial charge < -0.3 is 15.0 Å². The fourth-order valence-corrected chi connectivity index (χ4v) is 4.51. The summed E-state index contributed by atoms with van der Waals surface area (Å²) < 4.78 is 33.5. The van der Waals surface area contributed by atoms with Crippen LogP contribution in [0.5, 0.6) is 5.75 Å². The molecule has 0 saturated carbocycles. The quantitative estimate of drug-likeness (QED) is 0.492. The minimum atomic E-state index is -3.96. The van der Waals surface area contributed by atoms with Crippen LogP contribution < -0.4 is 14.4 Å². The van der Waals surface area contributed by atoms with Gasteiger partial charge in [-0.2, -0.15) is 12.7 Å². The molecule has 0 heterocycles. The van der Waals surface area contributed by atoms with Crippen molar-refractivity contribution in [3.05, 3.63) is 60.2 Å². The fourth-order valence-electron chi connectivity index (χ4n) is 3.45. The van der Waals surface area contributed by atoms with Gasteiger partial charge >= 0.3 is 10.2 Å². The number of hydrogen-bond donors (Lipinski definition) is 1. The molecule has 0 aliphatic carbocycles. The van der Waals surface area contributed by atoms with Gasteiger partial charge in [-0.15, -0.1) is 0 Å². The molecule has 1 atom stereocenters. The molecule has 2 amide bonds. The Kier molecular flexibility index (Phi) is 9.88. The number of benzene rings is 2. The van der Waals surface area contributed by atoms with Crippen LogP contribution in [-0.2, 0) is 26.3 Å². The number of likely N-dealkylation sites (N-methyl/N-ethyl adjacent to an activating group) is 1. The van der Waals surface area contributed by atoms with Gasteiger partial charge in [0.25, 0.3) is 0 Å². The van der Waals surface area contributed by atoms with E-state index >= 15 is 0 Å². The predicted octanol–water partition coefficient (Wildman–Crippen LogP) is 2.25. The fraction of sp³-hybridized carbons (Fsp3) is 0.417. The third-order valence-corrected chi connectivity index (χ3v) is 7.13. The van der Waals surface area contributed by atoms with Crippen LogP contribution in [0.15, 0.2) is 54.6 Å². The lowest BCUT2D eigenvalue weighted by atomic mass is 10.1. The minimum Gasteiger partial charge on any atom is -0.497 e. The van der Waals surface area contributed by atoms with Crippen LogP contribution in [-0.4, -0.2) is 69.8 Å². The second kappa shape index (κ2) is 12.4. The van der Waals surface area contributed by atoms with E-state index in [0.717, 1.165) is 14.2 Å². The van der Waals surface area contributed by atoms with E-state index in [1.807, 2.05) is 19.1 Å². The molecule has 1 N–H and O–H groups in total. The Labute approximate surface area is 202 Å². The Balaban J connectivity index is 2.45. The Morgan fingerprint density at radius 3 is 2.12 bits per heavy atom. The van der Waals surface area contributed by atoms with Crippen molar-refractivity contribution in [3.8, 4) is 5.75 Å². The van der Waals surface area contributed by atoms with E-state index in [9.17, 15) is 18.0 Å². The van der Waals surface area contributed by atoms with Crippen molar-refractivity contribution in [2.45, 2.75) is 32.9 Å². The summed E-state index contributed by atoms with van der Waals surface area (Å²) >= 11 is 0. The molecule has 2 aromatic carbocycles. The molecule has 0 aliphatic heterocycles. The zero-order valence-electron chi connectivity index (χ0n) is 20.4. The van der Waals surface area contributed by atoms with Gasteiger partial charge in [0.1, 0.15) is 18.3 Å². The van der Waals surface area contributed by atoms with Gasteiger partial charge in [0.05, 0.1) is 12.8 Å². The molecular weight excluding hydrogens is 456 g/mol. The number of carbonyl (C=O) groups excluding carboxylic acids is 2. The van der Waals surface area contributed by atoms with E-state index in [1.54, 1.807) is 56.5 Å². The van der Waals surface area contributed by atoms with Gasteiger partial charge in [0.2, 0.25) is 11.8 Å². The van der Waals surface area contributed by atoms with Gasteiger partial charge in [-0.25, -0.2) is 4.31 Å². The minimum absolute atomic E-state index is 0.142. The summed E-state index contributed by atoms with van der Waals surface area (Å²) in [5.74, 6) is -0.0958. The smallest absolute Gasteiger partial charge is 0.304 e. The number of rotatable bonds is 12. The SMILES string of the molecule is CCNC(=O)[C@@H](CC)N(Cc1ccc(OC)cc1)C(=O)CN(c1ccccc1)S(=O)(=O)N(C)C. The van der Waals surface area contributed by atoms with Gasteiger partial charge in [-0.3, -0.25) is 9.59 Å². The third-order valence-electron chi connectivity index (χ3n) is 5.31. The molecule has 9 nitrogen and oxygen atoms in total. The summed E-state index contributed by atoms with van der Waals surface area (Å²) in [5, 5.41) is 2.78. The first-order valence-corrected chi connectivity index (χ1v) is 12.5. The van der Waals surface area contributed by atoms with Crippen LogP contribution >= 0.6 is 0 Å². The topological polar surface area (TPSA) is 99.3 Å². The number of anilines is 1. The van der Waals surface area contributed by atoms with E-state index < -0.39 is 28.7 Å². The molecule has 0 unspecified atom stereocenters. The standard InChI is InChI=1S/C24H34N4O5S/c1-6-22(24(30)25-7-2)27(17-19-13-15-21(33-5)16-14-19)23(29)18-28(34(31,32)26(3)4)20-11-9-8-10-12-20/h8-16,22H,6-7,17-18H2,1-5H3,(H,25,30)/t22-/m1/s1. The first-order chi connectivity index (χ1) is 16.1. The lowest BCUT2D eigenvalue weighted by Crippen LogP contribution is -2.53. The van der Waals surface area contributed by atoms with E-state index in [-0.39, 0.29) is 12.5 Å². The first-order valence-electron chi connectivity index (χ1n) is 11.1. The Morgan fingerprint density at radius 2 is 1.62 bits per heavy atom. The summed E-state index contributed by atoms with van der Waals surface area (Å²) in [6, 6.07) is 14.9. The molecule has 0 aromatic heterocycles. The summed E-state index contributed by atoms with van der Waals surface area (Å²) in [6.45, 7) is 3.74. The maximum absolute atomic E-state index is 13.6. The van der Waals surface area contributed by atoms with Gasteiger partial charge in [-0.05, 0) is 43.2 Å². The molecule has 10 heteroatoms. The molecule has 0 radical (unpaired) electrons. The largest absolute Gasteiger partial charge is 0.497 e. The molecule has 0 spiro atoms. The van der Waals surface area contributed by atoms with Crippen molar-refractivity contribution in [1.29, 1.82) is 0 Å². The van der Waals surface area contributed by atoms with E-state index in [2.05, 4.69) is 5.32 Å². The zero-order chi connectivity index (χ0) is 25.3. The number of ether oxygens (including phenoxy) is 1. The lowest BCUT2D eigenvalue weighted by molar-refractivity contribution is -0.140. The summed E-state index contributed by atoms with van der Waals surface area (Å²) in [7, 11) is 0.425. The average molecular weight is 491 g/mol. The van der Waals surface area contributed by atoms with E-state index in [1.165, 1.54) is 19.0 Å². The highest BCUT2D eigenvalue weighted by atomic mass is 32.2. The van der Waals surface area contributed by atoms with Crippen molar-refractivity contribution < 1.29 is 22.7 Å². The average Bonchev–Trinajstić information content (AvgIpc) is 2.83. The molecule has 0 saturated heterocycles. The van der Waals surface area contributed by atoms with Crippen LogP contribution in [0.2, 0.25) is 0 Å². The molecule has 0 bridgehead atoms. The predicted molar refractivity (Wildman–Crippen MR) is 133 cm³/mol. The maximum atomic E-state index is 13.6. The van der Waals surface area contributed by atoms with Gasteiger partial charge in [0.15, 0.2) is 0 Å². The molecule has 186 valence electrons. The van der Waals surface area contributed by atoms with Gasteiger partial charge in [-0.1, -0.05) is 37.3 Å². The van der Waals surface area contributed by atoms with Crippen molar-refractivity contribution in [2.24, 2.45) is 0 Å². The molecule has 2 rings (SSSR count). The normalized spacial score (nSPS) is 12.2. The van der Waals surface area contributed by atoms with Crippen molar-refractivity contribution >= 4 is 27.7 Å². The maximum Gasteiger partial charge on any atom is 0.304 e. The number of amides is 2. The number of hydrogen-bond acceptors (Lipinski definition) is 5. The number of nitrogens with one attached hydrogen (secondary N) is 1. The second-order valence-corrected chi connectivity index (χ2v) is 9.89. The van der Waals surface area contributed by atoms with Crippen LogP contribution in [0.25, 0.3) is 0 Å². The van der Waals surface area contributed by atoms with Crippen LogP contribution in [0.4, 0.5) is 5.69 Å². The number of nitrogens with zero attached hydrogens (tertiary/aromatic N) is 3. The van der Waals surface area contributed by atoms with E-state index in [0.29, 0.717) is 24.4 Å². The third kappa shape index (κ3) is 6.71. The van der Waals surface area contributed by atoms with Crippen molar-refractivity contribution in [2.75, 3.05) is 38.6 Å². The molecular formula is C24H34N4O5S. The number of para-hydroxylation sites is 1. The van der Waals surface area contributed by atoms with Gasteiger partial charge in [0, 0.05) is 27.2 Å². The number of methoxy groups -OCH3 is 1. The van der Waals surface area contributed by atoms with Crippen LogP contribution in [0, 0.1) is 0 Å². The molecule has 0 aliphatic rings. The Hall–Kier alpha value is -3.11. The monoisotopic (exact) mass is 490 g/mol. The van der Waals surface area contributed by atoms with E-state index in [4.69, 9.17) is 4.74 Å². The highest BCUT2D eigenvalue weighted by Crippen LogP contribution is 2.21. The lowest BCUT2D eigenvalue weighted by Gasteiger charge is -2.33. The Bertz CT molecular complexity index is 1040. The molecule has 0 fully saturated rings. The molecule has 2 aromatic rings. The van der Waals surface area contributed by atoms with Crippen molar-refractivity contribution in [3.63, 3.8) is 0 Å². The Morgan fingerprint density at radius 1 is 1.00 bits per heavy atom. The van der Waals surface area contributed by atoms with Crippen LogP contribution in [0.3, 0.4) is 0 Å². The van der Waals surface area contributed by atoms with Crippen molar-refractivity contribution in [1.82, 2.24) is 14.5 Å². The summed E-state index contributed by atoms with van der Waals surface area (Å²) in [4.78, 5) is 27.9. The second-order valence-electron chi connectivity index (χ2n) is 7.82.